The van der Waals surface area contributed by atoms with Crippen LogP contribution in [0.3, 0.4) is 0 Å². The Morgan fingerprint density at radius 2 is 1.97 bits per heavy atom. The number of nitro benzene ring substituents is 1. The Morgan fingerprint density at radius 1 is 1.30 bits per heavy atom. The molecule has 2 unspecified atom stereocenters. The van der Waals surface area contributed by atoms with Gasteiger partial charge in [-0.2, -0.15) is 0 Å². The highest BCUT2D eigenvalue weighted by Gasteiger charge is 2.44. The van der Waals surface area contributed by atoms with Crippen molar-refractivity contribution < 1.29 is 22.9 Å². The van der Waals surface area contributed by atoms with Crippen molar-refractivity contribution >= 4 is 38.9 Å². The van der Waals surface area contributed by atoms with Gasteiger partial charge in [-0.05, 0) is 50.7 Å². The number of nitro groups is 1. The Hall–Kier alpha value is -2.26. The molecule has 160 valence electrons. The normalized spacial score (nSPS) is 21.1. The molecule has 2 aliphatic rings. The summed E-state index contributed by atoms with van der Waals surface area (Å²) >= 11 is 1.45. The Morgan fingerprint density at radius 3 is 2.57 bits per heavy atom. The van der Waals surface area contributed by atoms with Gasteiger partial charge in [-0.15, -0.1) is 18.3 Å². The minimum atomic E-state index is -3.68. The van der Waals surface area contributed by atoms with Crippen molar-refractivity contribution in [2.45, 2.75) is 37.5 Å². The van der Waals surface area contributed by atoms with E-state index in [4.69, 9.17) is 0 Å². The number of carbonyl (C=O) groups excluding carboxylic acids is 2. The maximum Gasteiger partial charge on any atom is 0.281 e. The van der Waals surface area contributed by atoms with Crippen LogP contribution in [0.1, 0.15) is 43.0 Å². The molecule has 1 aromatic rings. The van der Waals surface area contributed by atoms with Gasteiger partial charge >= 0.3 is 0 Å². The molecular weight excluding hydrogens is 426 g/mol. The second-order valence-corrected chi connectivity index (χ2v) is 11.1. The molecule has 2 atom stereocenters. The average Bonchev–Trinajstić information content (AvgIpc) is 3.10. The number of hydrogen-bond acceptors (Lipinski definition) is 7. The Bertz CT molecular complexity index is 1090. The number of benzene rings is 1. The number of rotatable bonds is 8. The fourth-order valence-corrected chi connectivity index (χ4v) is 6.06. The topological polar surface area (TPSA) is 111 Å². The van der Waals surface area contributed by atoms with Gasteiger partial charge in [0.1, 0.15) is 5.56 Å². The van der Waals surface area contributed by atoms with Crippen molar-refractivity contribution in [3.63, 3.8) is 0 Å². The summed E-state index contributed by atoms with van der Waals surface area (Å²) in [7, 11) is -3.68. The Kier molecular flexibility index (Phi) is 6.33. The number of thioether (sulfide) groups is 1. The van der Waals surface area contributed by atoms with Gasteiger partial charge in [-0.1, -0.05) is 5.57 Å². The lowest BCUT2D eigenvalue weighted by Crippen LogP contribution is -2.27. The average molecular weight is 450 g/mol. The van der Waals surface area contributed by atoms with Crippen LogP contribution in [0.4, 0.5) is 5.69 Å². The third kappa shape index (κ3) is 4.41. The fourth-order valence-electron chi connectivity index (χ4n) is 3.96. The van der Waals surface area contributed by atoms with Gasteiger partial charge in [0, 0.05) is 28.9 Å². The molecule has 0 N–H and O–H groups in total. The molecule has 30 heavy (non-hydrogen) atoms. The molecule has 0 aliphatic heterocycles. The number of fused-ring (bicyclic) bond motifs is 2. The zero-order chi connectivity index (χ0) is 22.2. The third-order valence-electron chi connectivity index (χ3n) is 5.52. The molecule has 2 aliphatic carbocycles. The summed E-state index contributed by atoms with van der Waals surface area (Å²) in [5.74, 6) is -0.399. The van der Waals surface area contributed by atoms with Crippen molar-refractivity contribution in [1.82, 2.24) is 0 Å². The van der Waals surface area contributed by atoms with Gasteiger partial charge in [0.25, 0.3) is 5.69 Å². The molecule has 0 aromatic heterocycles. The van der Waals surface area contributed by atoms with Crippen LogP contribution in [0, 0.1) is 22.0 Å². The molecule has 1 aromatic carbocycles. The van der Waals surface area contributed by atoms with Crippen molar-refractivity contribution in [2.75, 3.05) is 12.0 Å². The van der Waals surface area contributed by atoms with Crippen molar-refractivity contribution in [1.29, 1.82) is 0 Å². The first-order valence-corrected chi connectivity index (χ1v) is 12.5. The van der Waals surface area contributed by atoms with Gasteiger partial charge in [0.2, 0.25) is 5.78 Å². The Labute approximate surface area is 179 Å². The molecule has 1 fully saturated rings. The standard InChI is InChI=1S/C21H23NO6S2/c1-12(2)8-9-29-21-14-5-4-13(10-14)19(23)18(21)20(24)16-7-6-15(30(3,27)28)11-17(16)22(25)26/h6-7,11,13-14H,1,4-5,8-10H2,2-3H3. The molecule has 0 amide bonds. The van der Waals surface area contributed by atoms with Crippen LogP contribution in [0.5, 0.6) is 0 Å². The lowest BCUT2D eigenvalue weighted by Gasteiger charge is -2.24. The Balaban J connectivity index is 2.09. The van der Waals surface area contributed by atoms with E-state index in [0.717, 1.165) is 36.8 Å². The van der Waals surface area contributed by atoms with Gasteiger partial charge in [0.15, 0.2) is 15.6 Å². The molecular formula is C21H23NO6S2. The van der Waals surface area contributed by atoms with Crippen LogP contribution in [-0.4, -0.2) is 36.9 Å². The van der Waals surface area contributed by atoms with E-state index < -0.39 is 26.2 Å². The van der Waals surface area contributed by atoms with Gasteiger partial charge in [-0.25, -0.2) is 8.42 Å². The summed E-state index contributed by atoms with van der Waals surface area (Å²) < 4.78 is 23.6. The van der Waals surface area contributed by atoms with E-state index in [1.165, 1.54) is 17.8 Å². The van der Waals surface area contributed by atoms with Crippen LogP contribution < -0.4 is 0 Å². The second-order valence-electron chi connectivity index (χ2n) is 7.90. The van der Waals surface area contributed by atoms with E-state index in [9.17, 15) is 28.1 Å². The highest BCUT2D eigenvalue weighted by Crippen LogP contribution is 2.48. The van der Waals surface area contributed by atoms with E-state index in [-0.39, 0.29) is 33.7 Å². The zero-order valence-electron chi connectivity index (χ0n) is 16.8. The summed E-state index contributed by atoms with van der Waals surface area (Å²) in [4.78, 5) is 37.7. The van der Waals surface area contributed by atoms with Crippen LogP contribution in [-0.2, 0) is 14.6 Å². The molecule has 9 heteroatoms. The van der Waals surface area contributed by atoms with Gasteiger partial charge < -0.3 is 0 Å². The number of sulfone groups is 1. The first kappa shape index (κ1) is 22.4. The van der Waals surface area contributed by atoms with E-state index >= 15 is 0 Å². The smallest absolute Gasteiger partial charge is 0.281 e. The molecule has 7 nitrogen and oxygen atoms in total. The number of carbonyl (C=O) groups is 2. The SMILES string of the molecule is C=C(C)CCSC1=C(C(=O)c2ccc(S(C)(=O)=O)cc2[N+](=O)[O-])C(=O)C2CCC1C2. The molecule has 0 radical (unpaired) electrons. The monoisotopic (exact) mass is 449 g/mol. The number of hydrogen-bond donors (Lipinski definition) is 0. The van der Waals surface area contributed by atoms with Crippen LogP contribution in [0.25, 0.3) is 0 Å². The van der Waals surface area contributed by atoms with E-state index in [1.807, 2.05) is 6.92 Å². The van der Waals surface area contributed by atoms with E-state index in [2.05, 4.69) is 6.58 Å². The molecule has 1 saturated carbocycles. The third-order valence-corrected chi connectivity index (χ3v) is 7.89. The van der Waals surface area contributed by atoms with Crippen molar-refractivity contribution in [3.8, 4) is 0 Å². The molecule has 0 spiro atoms. The largest absolute Gasteiger partial charge is 0.294 e. The summed E-state index contributed by atoms with van der Waals surface area (Å²) in [5, 5.41) is 11.6. The quantitative estimate of drug-likeness (QED) is 0.193. The second kappa shape index (κ2) is 8.47. The molecule has 2 bridgehead atoms. The van der Waals surface area contributed by atoms with E-state index in [0.29, 0.717) is 23.5 Å². The number of ketones is 2. The predicted molar refractivity (Wildman–Crippen MR) is 115 cm³/mol. The number of allylic oxidation sites excluding steroid dienone is 3. The number of Topliss-reactive ketones (excluding diaryl/α,β-unsaturated/α-hetero) is 2. The number of nitrogens with zero attached hydrogens (tertiary/aromatic N) is 1. The first-order valence-electron chi connectivity index (χ1n) is 9.59. The summed E-state index contributed by atoms with van der Waals surface area (Å²) in [5.41, 5.74) is 0.174. The highest BCUT2D eigenvalue weighted by atomic mass is 32.2. The van der Waals surface area contributed by atoms with Crippen LogP contribution >= 0.6 is 11.8 Å². The lowest BCUT2D eigenvalue weighted by atomic mass is 9.84. The maximum absolute atomic E-state index is 13.4. The molecule has 0 heterocycles. The summed E-state index contributed by atoms with van der Waals surface area (Å²) in [6.45, 7) is 5.78. The minimum Gasteiger partial charge on any atom is -0.294 e. The van der Waals surface area contributed by atoms with E-state index in [1.54, 1.807) is 0 Å². The van der Waals surface area contributed by atoms with Gasteiger partial charge in [0.05, 0.1) is 15.4 Å². The van der Waals surface area contributed by atoms with Crippen molar-refractivity contribution in [2.24, 2.45) is 11.8 Å². The zero-order valence-corrected chi connectivity index (χ0v) is 18.5. The van der Waals surface area contributed by atoms with Gasteiger partial charge in [-0.3, -0.25) is 19.7 Å². The lowest BCUT2D eigenvalue weighted by molar-refractivity contribution is -0.385. The summed E-state index contributed by atoms with van der Waals surface area (Å²) in [6.07, 6.45) is 3.91. The van der Waals surface area contributed by atoms with Crippen LogP contribution in [0.2, 0.25) is 0 Å². The molecule has 0 saturated heterocycles. The first-order chi connectivity index (χ1) is 14.0. The fraction of sp³-hybridized carbons (Fsp3) is 0.429. The maximum atomic E-state index is 13.4. The van der Waals surface area contributed by atoms with Crippen molar-refractivity contribution in [3.05, 3.63) is 56.5 Å². The minimum absolute atomic E-state index is 0.0377. The predicted octanol–water partition coefficient (Wildman–Crippen LogP) is 4.13. The van der Waals surface area contributed by atoms with Crippen LogP contribution in [0.15, 0.2) is 45.7 Å². The molecule has 3 rings (SSSR count). The highest BCUT2D eigenvalue weighted by molar-refractivity contribution is 8.03. The summed E-state index contributed by atoms with van der Waals surface area (Å²) in [6, 6.07) is 3.20.